The van der Waals surface area contributed by atoms with E-state index in [9.17, 15) is 5.11 Å². The zero-order valence-corrected chi connectivity index (χ0v) is 6.94. The summed E-state index contributed by atoms with van der Waals surface area (Å²) in [7, 11) is 0. The minimum atomic E-state index is -0.509. The van der Waals surface area contributed by atoms with Gasteiger partial charge in [-0.2, -0.15) is 5.26 Å². The Morgan fingerprint density at radius 2 is 2.15 bits per heavy atom. The maximum Gasteiger partial charge on any atom is 0.124 e. The van der Waals surface area contributed by atoms with Gasteiger partial charge in [-0.1, -0.05) is 6.07 Å². The van der Waals surface area contributed by atoms with Crippen LogP contribution in [0.5, 0.6) is 11.5 Å². The van der Waals surface area contributed by atoms with E-state index in [-0.39, 0.29) is 17.9 Å². The molecule has 0 bridgehead atoms. The Hall–Kier alpha value is -1.73. The maximum absolute atomic E-state index is 9.34. The van der Waals surface area contributed by atoms with E-state index in [0.717, 1.165) is 0 Å². The number of aromatic hydroxyl groups is 2. The van der Waals surface area contributed by atoms with Gasteiger partial charge in [-0.15, -0.1) is 0 Å². The first kappa shape index (κ1) is 9.36. The molecule has 1 aromatic rings. The molecule has 0 aliphatic rings. The zero-order chi connectivity index (χ0) is 9.84. The number of hydrogen-bond acceptors (Lipinski definition) is 4. The summed E-state index contributed by atoms with van der Waals surface area (Å²) in [4.78, 5) is 0. The highest BCUT2D eigenvalue weighted by atomic mass is 16.3. The Balaban J connectivity index is 2.96. The Bertz CT molecular complexity index is 344. The zero-order valence-electron chi connectivity index (χ0n) is 6.94. The highest BCUT2D eigenvalue weighted by molar-refractivity contribution is 5.40. The normalized spacial score (nSPS) is 12.0. The standard InChI is InChI=1S/C9H10N2O2/c10-4-3-8(11)7-2-1-6(12)5-9(7)13/h1-2,5,8,12-13H,3,11H2/t8-/m0/s1. The average molecular weight is 178 g/mol. The van der Waals surface area contributed by atoms with Gasteiger partial charge in [0, 0.05) is 17.7 Å². The molecule has 0 aliphatic heterocycles. The maximum atomic E-state index is 9.34. The Labute approximate surface area is 75.8 Å². The first-order chi connectivity index (χ1) is 6.15. The smallest absolute Gasteiger partial charge is 0.124 e. The highest BCUT2D eigenvalue weighted by Crippen LogP contribution is 2.27. The number of nitrogens with zero attached hydrogens (tertiary/aromatic N) is 1. The molecular formula is C9H10N2O2. The molecule has 0 saturated heterocycles. The summed E-state index contributed by atoms with van der Waals surface area (Å²) in [5, 5.41) is 26.7. The van der Waals surface area contributed by atoms with Crippen molar-refractivity contribution >= 4 is 0 Å². The van der Waals surface area contributed by atoms with Crippen molar-refractivity contribution in [2.75, 3.05) is 0 Å². The van der Waals surface area contributed by atoms with E-state index in [2.05, 4.69) is 0 Å². The molecule has 1 aromatic carbocycles. The van der Waals surface area contributed by atoms with Crippen LogP contribution in [0.2, 0.25) is 0 Å². The third-order valence-electron chi connectivity index (χ3n) is 1.72. The third-order valence-corrected chi connectivity index (χ3v) is 1.72. The van der Waals surface area contributed by atoms with Crippen molar-refractivity contribution in [1.82, 2.24) is 0 Å². The second-order valence-corrected chi connectivity index (χ2v) is 2.71. The van der Waals surface area contributed by atoms with Gasteiger partial charge in [0.1, 0.15) is 11.5 Å². The van der Waals surface area contributed by atoms with Gasteiger partial charge < -0.3 is 15.9 Å². The monoisotopic (exact) mass is 178 g/mol. The quantitative estimate of drug-likeness (QED) is 0.630. The van der Waals surface area contributed by atoms with Crippen LogP contribution in [0.25, 0.3) is 0 Å². The van der Waals surface area contributed by atoms with E-state index >= 15 is 0 Å². The van der Waals surface area contributed by atoms with Crippen LogP contribution in [0.4, 0.5) is 0 Å². The van der Waals surface area contributed by atoms with Crippen LogP contribution < -0.4 is 5.73 Å². The summed E-state index contributed by atoms with van der Waals surface area (Å²) in [5.74, 6) is -0.104. The average Bonchev–Trinajstić information content (AvgIpc) is 2.04. The number of phenolic OH excluding ortho intramolecular Hbond substituents is 2. The minimum absolute atomic E-state index is 0.0228. The van der Waals surface area contributed by atoms with Crippen LogP contribution in [0.3, 0.4) is 0 Å². The first-order valence-electron chi connectivity index (χ1n) is 3.79. The number of rotatable bonds is 2. The Kier molecular flexibility index (Phi) is 2.72. The largest absolute Gasteiger partial charge is 0.508 e. The van der Waals surface area contributed by atoms with Gasteiger partial charge in [0.25, 0.3) is 0 Å². The highest BCUT2D eigenvalue weighted by Gasteiger charge is 2.10. The van der Waals surface area contributed by atoms with Crippen LogP contribution in [0, 0.1) is 11.3 Å². The van der Waals surface area contributed by atoms with Gasteiger partial charge in [-0.25, -0.2) is 0 Å². The number of benzene rings is 1. The fourth-order valence-corrected chi connectivity index (χ4v) is 1.05. The Morgan fingerprint density at radius 1 is 1.46 bits per heavy atom. The summed E-state index contributed by atoms with van der Waals surface area (Å²) in [6.45, 7) is 0. The third kappa shape index (κ3) is 2.10. The lowest BCUT2D eigenvalue weighted by molar-refractivity contribution is 0.442. The van der Waals surface area contributed by atoms with E-state index in [1.807, 2.05) is 6.07 Å². The number of hydrogen-bond donors (Lipinski definition) is 3. The summed E-state index contributed by atoms with van der Waals surface area (Å²) < 4.78 is 0. The van der Waals surface area contributed by atoms with Gasteiger partial charge in [0.2, 0.25) is 0 Å². The van der Waals surface area contributed by atoms with Crippen LogP contribution >= 0.6 is 0 Å². The molecule has 0 fully saturated rings. The number of nitriles is 1. The van der Waals surface area contributed by atoms with E-state index < -0.39 is 6.04 Å². The van der Waals surface area contributed by atoms with Crippen molar-refractivity contribution in [3.63, 3.8) is 0 Å². The van der Waals surface area contributed by atoms with Crippen molar-refractivity contribution in [2.45, 2.75) is 12.5 Å². The van der Waals surface area contributed by atoms with Crippen molar-refractivity contribution in [3.05, 3.63) is 23.8 Å². The summed E-state index contributed by atoms with van der Waals surface area (Å²) in [6.07, 6.45) is 0.137. The summed E-state index contributed by atoms with van der Waals surface area (Å²) in [5.41, 5.74) is 6.06. The number of phenols is 2. The molecule has 0 radical (unpaired) electrons. The Morgan fingerprint density at radius 3 is 2.69 bits per heavy atom. The molecule has 68 valence electrons. The lowest BCUT2D eigenvalue weighted by atomic mass is 10.0. The molecule has 1 rings (SSSR count). The SMILES string of the molecule is N#CC[C@H](N)c1ccc(O)cc1O. The van der Waals surface area contributed by atoms with E-state index in [1.54, 1.807) is 0 Å². The van der Waals surface area contributed by atoms with Crippen LogP contribution in [-0.4, -0.2) is 10.2 Å². The fourth-order valence-electron chi connectivity index (χ4n) is 1.05. The predicted octanol–water partition coefficient (Wildman–Crippen LogP) is 1.01. The van der Waals surface area contributed by atoms with Crippen molar-refractivity contribution < 1.29 is 10.2 Å². The molecule has 0 heterocycles. The molecule has 4 N–H and O–H groups in total. The van der Waals surface area contributed by atoms with Gasteiger partial charge in [0.15, 0.2) is 0 Å². The van der Waals surface area contributed by atoms with Gasteiger partial charge in [-0.3, -0.25) is 0 Å². The van der Waals surface area contributed by atoms with Crippen molar-refractivity contribution in [2.24, 2.45) is 5.73 Å². The molecule has 0 aromatic heterocycles. The lowest BCUT2D eigenvalue weighted by Gasteiger charge is -2.09. The van der Waals surface area contributed by atoms with E-state index in [4.69, 9.17) is 16.1 Å². The molecule has 0 amide bonds. The van der Waals surface area contributed by atoms with Crippen LogP contribution in [0.15, 0.2) is 18.2 Å². The topological polar surface area (TPSA) is 90.3 Å². The van der Waals surface area contributed by atoms with Gasteiger partial charge in [0.05, 0.1) is 12.5 Å². The van der Waals surface area contributed by atoms with Gasteiger partial charge in [-0.05, 0) is 6.07 Å². The molecule has 0 aliphatic carbocycles. The first-order valence-corrected chi connectivity index (χ1v) is 3.79. The lowest BCUT2D eigenvalue weighted by Crippen LogP contribution is -2.09. The van der Waals surface area contributed by atoms with E-state index in [0.29, 0.717) is 5.56 Å². The van der Waals surface area contributed by atoms with Crippen LogP contribution in [0.1, 0.15) is 18.0 Å². The summed E-state index contributed by atoms with van der Waals surface area (Å²) >= 11 is 0. The second-order valence-electron chi connectivity index (χ2n) is 2.71. The molecule has 4 heteroatoms. The summed E-state index contributed by atoms with van der Waals surface area (Å²) in [6, 6.07) is 5.53. The van der Waals surface area contributed by atoms with Crippen molar-refractivity contribution in [1.29, 1.82) is 5.26 Å². The molecular weight excluding hydrogens is 168 g/mol. The fraction of sp³-hybridized carbons (Fsp3) is 0.222. The second kappa shape index (κ2) is 3.78. The molecule has 0 saturated carbocycles. The molecule has 0 spiro atoms. The van der Waals surface area contributed by atoms with Gasteiger partial charge >= 0.3 is 0 Å². The molecule has 13 heavy (non-hydrogen) atoms. The van der Waals surface area contributed by atoms with Crippen molar-refractivity contribution in [3.8, 4) is 17.6 Å². The molecule has 1 atom stereocenters. The number of nitrogens with two attached hydrogens (primary N) is 1. The molecule has 0 unspecified atom stereocenters. The minimum Gasteiger partial charge on any atom is -0.508 e. The van der Waals surface area contributed by atoms with Crippen LogP contribution in [-0.2, 0) is 0 Å². The van der Waals surface area contributed by atoms with E-state index in [1.165, 1.54) is 18.2 Å². The predicted molar refractivity (Wildman–Crippen MR) is 46.9 cm³/mol. The molecule has 4 nitrogen and oxygen atoms in total.